The number of thiophene rings is 1. The lowest BCUT2D eigenvalue weighted by molar-refractivity contribution is -0.150. The Morgan fingerprint density at radius 1 is 1.41 bits per heavy atom. The summed E-state index contributed by atoms with van der Waals surface area (Å²) < 4.78 is 23.0. The summed E-state index contributed by atoms with van der Waals surface area (Å²) in [6.07, 6.45) is 1.50. The van der Waals surface area contributed by atoms with Gasteiger partial charge in [0, 0.05) is 24.7 Å². The van der Waals surface area contributed by atoms with Crippen molar-refractivity contribution in [3.05, 3.63) is 16.3 Å². The largest absolute Gasteiger partial charge is 0.481 e. The second-order valence-corrected chi connectivity index (χ2v) is 8.94. The van der Waals surface area contributed by atoms with Crippen LogP contribution in [0.15, 0.2) is 16.3 Å². The molecule has 1 N–H and O–H groups in total. The zero-order valence-electron chi connectivity index (χ0n) is 12.7. The van der Waals surface area contributed by atoms with Crippen LogP contribution in [0.25, 0.3) is 0 Å². The Morgan fingerprint density at radius 3 is 2.45 bits per heavy atom. The van der Waals surface area contributed by atoms with Gasteiger partial charge in [-0.15, -0.1) is 11.3 Å². The summed E-state index contributed by atoms with van der Waals surface area (Å²) in [7, 11) is -3.34. The highest BCUT2D eigenvalue weighted by atomic mass is 32.2. The third-order valence-corrected chi connectivity index (χ3v) is 6.49. The Kier molecular flexibility index (Phi) is 4.36. The van der Waals surface area contributed by atoms with Crippen molar-refractivity contribution in [1.82, 2.24) is 4.90 Å². The number of hydrogen-bond acceptors (Lipinski definition) is 5. The van der Waals surface area contributed by atoms with Crippen LogP contribution in [-0.4, -0.2) is 49.6 Å². The van der Waals surface area contributed by atoms with Crippen molar-refractivity contribution in [3.63, 3.8) is 0 Å². The molecule has 22 heavy (non-hydrogen) atoms. The van der Waals surface area contributed by atoms with E-state index >= 15 is 0 Å². The summed E-state index contributed by atoms with van der Waals surface area (Å²) in [5.74, 6) is -1.28. The van der Waals surface area contributed by atoms with E-state index in [2.05, 4.69) is 0 Å². The molecule has 1 aliphatic rings. The van der Waals surface area contributed by atoms with Gasteiger partial charge in [-0.1, -0.05) is 13.8 Å². The summed E-state index contributed by atoms with van der Waals surface area (Å²) in [6, 6.07) is 1.36. The Balaban J connectivity index is 2.22. The number of carboxylic acid groups (broad SMARTS) is 1. The maximum atomic E-state index is 12.5. The molecular weight excluding hydrogens is 326 g/mol. The van der Waals surface area contributed by atoms with Crippen LogP contribution in [0.4, 0.5) is 0 Å². The fourth-order valence-corrected chi connectivity index (χ4v) is 4.67. The summed E-state index contributed by atoms with van der Waals surface area (Å²) >= 11 is 1.07. The van der Waals surface area contributed by atoms with Crippen LogP contribution in [0, 0.1) is 11.3 Å². The number of amides is 1. The Bertz CT molecular complexity index is 707. The van der Waals surface area contributed by atoms with Crippen LogP contribution in [0.1, 0.15) is 29.9 Å². The number of nitrogens with zero attached hydrogens (tertiary/aromatic N) is 1. The van der Waals surface area contributed by atoms with Gasteiger partial charge in [0.15, 0.2) is 9.84 Å². The highest BCUT2D eigenvalue weighted by Crippen LogP contribution is 2.39. The van der Waals surface area contributed by atoms with E-state index in [9.17, 15) is 23.1 Å². The van der Waals surface area contributed by atoms with Gasteiger partial charge in [-0.3, -0.25) is 9.59 Å². The second kappa shape index (κ2) is 5.66. The van der Waals surface area contributed by atoms with Crippen molar-refractivity contribution < 1.29 is 23.1 Å². The van der Waals surface area contributed by atoms with E-state index in [-0.39, 0.29) is 23.3 Å². The van der Waals surface area contributed by atoms with Gasteiger partial charge in [-0.05, 0) is 18.4 Å². The molecule has 1 aromatic heterocycles. The maximum Gasteiger partial charge on any atom is 0.311 e. The summed E-state index contributed by atoms with van der Waals surface area (Å²) in [6.45, 7) is 4.21. The van der Waals surface area contributed by atoms with E-state index in [4.69, 9.17) is 0 Å². The number of carboxylic acids is 1. The average Bonchev–Trinajstić information content (AvgIpc) is 3.05. The van der Waals surface area contributed by atoms with Crippen LogP contribution in [-0.2, 0) is 14.6 Å². The third-order valence-electron chi connectivity index (χ3n) is 4.33. The normalized spacial score (nSPS) is 22.3. The molecule has 0 radical (unpaired) electrons. The first-order valence-corrected chi connectivity index (χ1v) is 9.66. The van der Waals surface area contributed by atoms with Crippen LogP contribution in [0.2, 0.25) is 0 Å². The molecule has 8 heteroatoms. The number of likely N-dealkylation sites (tertiary alicyclic amines) is 1. The highest BCUT2D eigenvalue weighted by molar-refractivity contribution is 7.90. The second-order valence-electron chi connectivity index (χ2n) is 6.01. The highest BCUT2D eigenvalue weighted by Gasteiger charge is 2.48. The van der Waals surface area contributed by atoms with Crippen molar-refractivity contribution in [2.45, 2.75) is 25.2 Å². The fourth-order valence-electron chi connectivity index (χ4n) is 2.68. The van der Waals surface area contributed by atoms with Gasteiger partial charge in [0.05, 0.1) is 15.2 Å². The van der Waals surface area contributed by atoms with Crippen LogP contribution in [0.3, 0.4) is 0 Å². The molecule has 6 nitrogen and oxygen atoms in total. The molecule has 2 rings (SSSR count). The van der Waals surface area contributed by atoms with Gasteiger partial charge in [-0.25, -0.2) is 8.42 Å². The van der Waals surface area contributed by atoms with Crippen molar-refractivity contribution in [2.24, 2.45) is 11.3 Å². The third kappa shape index (κ3) is 2.89. The Morgan fingerprint density at radius 2 is 2.05 bits per heavy atom. The molecule has 0 aliphatic carbocycles. The van der Waals surface area contributed by atoms with Gasteiger partial charge in [0.25, 0.3) is 5.91 Å². The Labute approximate surface area is 133 Å². The van der Waals surface area contributed by atoms with Gasteiger partial charge < -0.3 is 10.0 Å². The van der Waals surface area contributed by atoms with Gasteiger partial charge >= 0.3 is 5.97 Å². The molecule has 1 saturated heterocycles. The van der Waals surface area contributed by atoms with Crippen LogP contribution >= 0.6 is 11.3 Å². The van der Waals surface area contributed by atoms with Crippen molar-refractivity contribution in [2.75, 3.05) is 19.3 Å². The predicted octanol–water partition coefficient (Wildman–Crippen LogP) is 1.72. The lowest BCUT2D eigenvalue weighted by atomic mass is 9.76. The number of rotatable bonds is 4. The van der Waals surface area contributed by atoms with Gasteiger partial charge in [0.2, 0.25) is 0 Å². The van der Waals surface area contributed by atoms with Gasteiger partial charge in [0.1, 0.15) is 0 Å². The molecular formula is C14H19NO5S2. The number of hydrogen-bond donors (Lipinski definition) is 1. The number of carbonyl (C=O) groups excluding carboxylic acids is 1. The van der Waals surface area contributed by atoms with E-state index in [1.165, 1.54) is 16.3 Å². The summed E-state index contributed by atoms with van der Waals surface area (Å²) in [5.41, 5.74) is -0.924. The molecule has 1 atom stereocenters. The first-order valence-electron chi connectivity index (χ1n) is 6.89. The van der Waals surface area contributed by atoms with Crippen molar-refractivity contribution in [1.29, 1.82) is 0 Å². The molecule has 1 aromatic rings. The molecule has 0 saturated carbocycles. The summed E-state index contributed by atoms with van der Waals surface area (Å²) in [5, 5.41) is 10.9. The minimum absolute atomic E-state index is 0.0854. The first-order chi connectivity index (χ1) is 10.1. The number of carbonyl (C=O) groups is 2. The molecule has 1 aliphatic heterocycles. The van der Waals surface area contributed by atoms with Crippen molar-refractivity contribution in [3.8, 4) is 0 Å². The van der Waals surface area contributed by atoms with E-state index < -0.39 is 21.2 Å². The van der Waals surface area contributed by atoms with Crippen LogP contribution < -0.4 is 0 Å². The number of sulfone groups is 1. The Hall–Kier alpha value is -1.41. The molecule has 122 valence electrons. The monoisotopic (exact) mass is 345 g/mol. The lowest BCUT2D eigenvalue weighted by Gasteiger charge is -2.28. The minimum Gasteiger partial charge on any atom is -0.481 e. The zero-order chi connectivity index (χ0) is 16.7. The SMILES string of the molecule is CC(C)C1(C(=O)O)CCN(C(=O)c2cc(S(C)(=O)=O)cs2)C1. The van der Waals surface area contributed by atoms with Gasteiger partial charge in [-0.2, -0.15) is 0 Å². The van der Waals surface area contributed by atoms with Crippen LogP contribution in [0.5, 0.6) is 0 Å². The van der Waals surface area contributed by atoms with Crippen molar-refractivity contribution >= 4 is 33.1 Å². The molecule has 0 aromatic carbocycles. The number of aliphatic carboxylic acids is 1. The lowest BCUT2D eigenvalue weighted by Crippen LogP contribution is -2.40. The maximum absolute atomic E-state index is 12.5. The molecule has 2 heterocycles. The zero-order valence-corrected chi connectivity index (χ0v) is 14.3. The molecule has 1 amide bonds. The molecule has 1 unspecified atom stereocenters. The topological polar surface area (TPSA) is 91.8 Å². The molecule has 1 fully saturated rings. The van der Waals surface area contributed by atoms with E-state index in [1.807, 2.05) is 13.8 Å². The van der Waals surface area contributed by atoms with E-state index in [0.717, 1.165) is 17.6 Å². The standard InChI is InChI=1S/C14H19NO5S2/c1-9(2)14(13(17)18)4-5-15(8-14)12(16)11-6-10(7-21-11)22(3,19)20/h6-7,9H,4-5,8H2,1-3H3,(H,17,18). The first kappa shape index (κ1) is 17.0. The average molecular weight is 345 g/mol. The molecule has 0 spiro atoms. The fraction of sp³-hybridized carbons (Fsp3) is 0.571. The predicted molar refractivity (Wildman–Crippen MR) is 82.9 cm³/mol. The van der Waals surface area contributed by atoms with E-state index in [1.54, 1.807) is 0 Å². The molecule has 0 bridgehead atoms. The van der Waals surface area contributed by atoms with E-state index in [0.29, 0.717) is 17.8 Å². The quantitative estimate of drug-likeness (QED) is 0.897. The summed E-state index contributed by atoms with van der Waals surface area (Å²) in [4.78, 5) is 26.0. The smallest absolute Gasteiger partial charge is 0.311 e. The minimum atomic E-state index is -3.34.